The van der Waals surface area contributed by atoms with E-state index in [0.717, 1.165) is 39.6 Å². The summed E-state index contributed by atoms with van der Waals surface area (Å²) in [4.78, 5) is 28.4. The Labute approximate surface area is 252 Å². The van der Waals surface area contributed by atoms with E-state index < -0.39 is 0 Å². The molecule has 42 heavy (non-hydrogen) atoms. The SMILES string of the molecule is CC(=O)Nc1cccc(Cl)c1.Cc1cccc(C)c1Nc1c(-c2ccccc2)nc2c(C(=O)NCC(C)C)cccn12. The van der Waals surface area contributed by atoms with Crippen molar-refractivity contribution < 1.29 is 9.59 Å². The van der Waals surface area contributed by atoms with Gasteiger partial charge in [-0.1, -0.05) is 80.0 Å². The van der Waals surface area contributed by atoms with Crippen LogP contribution in [0.3, 0.4) is 0 Å². The molecule has 3 N–H and O–H groups in total. The Bertz CT molecular complexity index is 1680. The Morgan fingerprint density at radius 3 is 2.24 bits per heavy atom. The largest absolute Gasteiger partial charge is 0.352 e. The summed E-state index contributed by atoms with van der Waals surface area (Å²) >= 11 is 5.68. The van der Waals surface area contributed by atoms with Crippen LogP contribution in [-0.4, -0.2) is 27.7 Å². The van der Waals surface area contributed by atoms with Crippen LogP contribution in [0.15, 0.2) is 91.1 Å². The molecule has 2 aromatic heterocycles. The zero-order valence-electron chi connectivity index (χ0n) is 24.5. The summed E-state index contributed by atoms with van der Waals surface area (Å²) in [6, 6.07) is 27.0. The summed E-state index contributed by atoms with van der Waals surface area (Å²) in [5.74, 6) is 1.02. The van der Waals surface area contributed by atoms with E-state index in [4.69, 9.17) is 16.6 Å². The number of hydrogen-bond donors (Lipinski definition) is 3. The normalized spacial score (nSPS) is 10.6. The van der Waals surface area contributed by atoms with Gasteiger partial charge >= 0.3 is 0 Å². The molecular formula is C34H36ClN5O2. The number of carbonyl (C=O) groups excluding carboxylic acids is 2. The van der Waals surface area contributed by atoms with Crippen molar-refractivity contribution in [1.29, 1.82) is 0 Å². The number of halogens is 1. The third-order valence-electron chi connectivity index (χ3n) is 6.48. The molecule has 2 heterocycles. The van der Waals surface area contributed by atoms with Gasteiger partial charge in [0, 0.05) is 41.6 Å². The van der Waals surface area contributed by atoms with Crippen LogP contribution in [-0.2, 0) is 4.79 Å². The summed E-state index contributed by atoms with van der Waals surface area (Å²) in [6.07, 6.45) is 1.95. The molecule has 0 unspecified atom stereocenters. The van der Waals surface area contributed by atoms with E-state index in [-0.39, 0.29) is 11.8 Å². The molecule has 0 aliphatic carbocycles. The first-order valence-corrected chi connectivity index (χ1v) is 14.2. The molecule has 5 aromatic rings. The highest BCUT2D eigenvalue weighted by molar-refractivity contribution is 6.30. The lowest BCUT2D eigenvalue weighted by Gasteiger charge is -2.14. The zero-order valence-corrected chi connectivity index (χ0v) is 25.3. The maximum atomic E-state index is 12.9. The molecule has 0 saturated carbocycles. The Morgan fingerprint density at radius 2 is 1.60 bits per heavy atom. The van der Waals surface area contributed by atoms with Crippen molar-refractivity contribution in [3.05, 3.63) is 113 Å². The lowest BCUT2D eigenvalue weighted by molar-refractivity contribution is -0.114. The number of fused-ring (bicyclic) bond motifs is 1. The van der Waals surface area contributed by atoms with Gasteiger partial charge in [0.15, 0.2) is 5.65 Å². The predicted molar refractivity (Wildman–Crippen MR) is 173 cm³/mol. The van der Waals surface area contributed by atoms with Gasteiger partial charge in [-0.25, -0.2) is 4.98 Å². The second-order valence-electron chi connectivity index (χ2n) is 10.5. The first kappa shape index (κ1) is 30.3. The number of anilines is 3. The number of nitrogens with zero attached hydrogens (tertiary/aromatic N) is 2. The number of carbonyl (C=O) groups is 2. The van der Waals surface area contributed by atoms with Gasteiger partial charge in [-0.3, -0.25) is 14.0 Å². The van der Waals surface area contributed by atoms with E-state index >= 15 is 0 Å². The molecule has 0 aliphatic heterocycles. The molecular weight excluding hydrogens is 546 g/mol. The van der Waals surface area contributed by atoms with Gasteiger partial charge in [-0.05, 0) is 61.2 Å². The number of nitrogens with one attached hydrogen (secondary N) is 3. The second kappa shape index (κ2) is 13.8. The molecule has 8 heteroatoms. The monoisotopic (exact) mass is 581 g/mol. The van der Waals surface area contributed by atoms with Gasteiger partial charge in [0.25, 0.3) is 5.91 Å². The molecule has 0 atom stereocenters. The minimum absolute atomic E-state index is 0.0905. The van der Waals surface area contributed by atoms with Crippen LogP contribution in [0.5, 0.6) is 0 Å². The molecule has 0 aliphatic rings. The zero-order chi connectivity index (χ0) is 30.2. The summed E-state index contributed by atoms with van der Waals surface area (Å²) in [5, 5.41) is 9.87. The fourth-order valence-electron chi connectivity index (χ4n) is 4.45. The average molecular weight is 582 g/mol. The summed E-state index contributed by atoms with van der Waals surface area (Å²) in [5.41, 5.74) is 7.09. The Balaban J connectivity index is 0.000000310. The van der Waals surface area contributed by atoms with E-state index in [1.54, 1.807) is 24.3 Å². The predicted octanol–water partition coefficient (Wildman–Crippen LogP) is 8.05. The van der Waals surface area contributed by atoms with E-state index in [1.165, 1.54) is 6.92 Å². The van der Waals surface area contributed by atoms with Crippen LogP contribution in [0, 0.1) is 19.8 Å². The molecule has 0 spiro atoms. The standard InChI is InChI=1S/C26H28N4O.C8H8ClNO/c1-17(2)16-27-26(31)21-14-9-15-30-24(21)29-23(20-12-6-5-7-13-20)25(30)28-22-18(3)10-8-11-19(22)4;1-6(11)10-8-4-2-3-7(9)5-8/h5-15,17,28H,16H2,1-4H3,(H,27,31);2-5H,1H3,(H,10,11). The first-order chi connectivity index (χ1) is 20.1. The van der Waals surface area contributed by atoms with Gasteiger partial charge in [-0.2, -0.15) is 0 Å². The van der Waals surface area contributed by atoms with Crippen LogP contribution in [0.1, 0.15) is 42.3 Å². The van der Waals surface area contributed by atoms with Gasteiger partial charge < -0.3 is 16.0 Å². The van der Waals surface area contributed by atoms with E-state index in [1.807, 2.05) is 53.1 Å². The third kappa shape index (κ3) is 7.56. The van der Waals surface area contributed by atoms with Crippen molar-refractivity contribution >= 4 is 46.3 Å². The van der Waals surface area contributed by atoms with Crippen molar-refractivity contribution in [1.82, 2.24) is 14.7 Å². The Kier molecular flexibility index (Phi) is 9.99. The molecule has 0 saturated heterocycles. The first-order valence-electron chi connectivity index (χ1n) is 13.8. The lowest BCUT2D eigenvalue weighted by atomic mass is 10.1. The quantitative estimate of drug-likeness (QED) is 0.181. The minimum Gasteiger partial charge on any atom is -0.352 e. The molecule has 0 bridgehead atoms. The third-order valence-corrected chi connectivity index (χ3v) is 6.72. The number of rotatable bonds is 7. The Morgan fingerprint density at radius 1 is 0.905 bits per heavy atom. The van der Waals surface area contributed by atoms with Crippen LogP contribution < -0.4 is 16.0 Å². The Hall–Kier alpha value is -4.62. The van der Waals surface area contributed by atoms with Crippen molar-refractivity contribution in [2.75, 3.05) is 17.2 Å². The molecule has 7 nitrogen and oxygen atoms in total. The second-order valence-corrected chi connectivity index (χ2v) is 10.9. The molecule has 2 amide bonds. The van der Waals surface area contributed by atoms with E-state index in [9.17, 15) is 9.59 Å². The molecule has 0 radical (unpaired) electrons. The van der Waals surface area contributed by atoms with Crippen molar-refractivity contribution in [2.45, 2.75) is 34.6 Å². The summed E-state index contributed by atoms with van der Waals surface area (Å²) < 4.78 is 1.97. The number of hydrogen-bond acceptors (Lipinski definition) is 4. The fraction of sp³-hybridized carbons (Fsp3) is 0.206. The molecule has 5 rings (SSSR count). The smallest absolute Gasteiger partial charge is 0.255 e. The summed E-state index contributed by atoms with van der Waals surface area (Å²) in [7, 11) is 0. The van der Waals surface area contributed by atoms with Crippen molar-refractivity contribution in [3.63, 3.8) is 0 Å². The highest BCUT2D eigenvalue weighted by Crippen LogP contribution is 2.34. The van der Waals surface area contributed by atoms with E-state index in [2.05, 4.69) is 61.8 Å². The molecule has 216 valence electrons. The topological polar surface area (TPSA) is 87.5 Å². The van der Waals surface area contributed by atoms with Crippen LogP contribution in [0.25, 0.3) is 16.9 Å². The van der Waals surface area contributed by atoms with Crippen molar-refractivity contribution in [2.24, 2.45) is 5.92 Å². The minimum atomic E-state index is -0.109. The molecule has 3 aromatic carbocycles. The lowest BCUT2D eigenvalue weighted by Crippen LogP contribution is -2.27. The van der Waals surface area contributed by atoms with Crippen LogP contribution >= 0.6 is 11.6 Å². The number of aryl methyl sites for hydroxylation is 2. The number of benzene rings is 3. The number of amides is 2. The average Bonchev–Trinajstić information content (AvgIpc) is 3.33. The maximum absolute atomic E-state index is 12.9. The van der Waals surface area contributed by atoms with Crippen LogP contribution in [0.2, 0.25) is 5.02 Å². The maximum Gasteiger partial charge on any atom is 0.255 e. The highest BCUT2D eigenvalue weighted by Gasteiger charge is 2.20. The van der Waals surface area contributed by atoms with Crippen molar-refractivity contribution in [3.8, 4) is 11.3 Å². The van der Waals surface area contributed by atoms with Crippen LogP contribution in [0.4, 0.5) is 17.2 Å². The molecule has 0 fully saturated rings. The number of aromatic nitrogens is 2. The number of imidazole rings is 1. The van der Waals surface area contributed by atoms with E-state index in [0.29, 0.717) is 28.7 Å². The van der Waals surface area contributed by atoms with Gasteiger partial charge in [0.2, 0.25) is 5.91 Å². The van der Waals surface area contributed by atoms with Gasteiger partial charge in [0.1, 0.15) is 11.5 Å². The summed E-state index contributed by atoms with van der Waals surface area (Å²) in [6.45, 7) is 10.4. The highest BCUT2D eigenvalue weighted by atomic mass is 35.5. The number of pyridine rings is 1. The number of para-hydroxylation sites is 1. The van der Waals surface area contributed by atoms with Gasteiger partial charge in [-0.15, -0.1) is 0 Å². The fourth-order valence-corrected chi connectivity index (χ4v) is 4.64. The van der Waals surface area contributed by atoms with Gasteiger partial charge in [0.05, 0.1) is 5.56 Å².